The van der Waals surface area contributed by atoms with Crippen molar-refractivity contribution in [1.29, 1.82) is 0 Å². The molecule has 3 nitrogen and oxygen atoms in total. The van der Waals surface area contributed by atoms with Gasteiger partial charge in [0.2, 0.25) is 0 Å². The molecule has 0 unspecified atom stereocenters. The molecule has 0 radical (unpaired) electrons. The van der Waals surface area contributed by atoms with Crippen LogP contribution >= 0.6 is 0 Å². The van der Waals surface area contributed by atoms with Gasteiger partial charge in [-0.25, -0.2) is 0 Å². The quantitative estimate of drug-likeness (QED) is 0.684. The van der Waals surface area contributed by atoms with Crippen molar-refractivity contribution in [3.63, 3.8) is 0 Å². The largest absolute Gasteiger partial charge is 0.378 e. The fraction of sp³-hybridized carbons (Fsp3) is 0.417. The molecule has 0 atom stereocenters. The molecule has 1 aromatic carbocycles. The normalized spacial score (nSPS) is 17.3. The monoisotopic (exact) mass is 204 g/mol. The molecule has 1 aromatic rings. The molecule has 0 aromatic heterocycles. The van der Waals surface area contributed by atoms with Gasteiger partial charge in [-0.1, -0.05) is 29.8 Å². The van der Waals surface area contributed by atoms with E-state index in [2.05, 4.69) is 36.3 Å². The number of ether oxygens (including phenoxy) is 1. The van der Waals surface area contributed by atoms with Crippen LogP contribution in [0.2, 0.25) is 0 Å². The zero-order valence-corrected chi connectivity index (χ0v) is 9.02. The molecule has 1 aliphatic rings. The minimum atomic E-state index is 0.783. The zero-order chi connectivity index (χ0) is 10.5. The molecule has 2 rings (SSSR count). The van der Waals surface area contributed by atoms with Crippen LogP contribution in [0.25, 0.3) is 0 Å². The SMILES string of the molecule is Cc1ccc(/C=N/N2CCOCC2)cc1. The summed E-state index contributed by atoms with van der Waals surface area (Å²) >= 11 is 0. The van der Waals surface area contributed by atoms with E-state index in [-0.39, 0.29) is 0 Å². The van der Waals surface area contributed by atoms with Crippen molar-refractivity contribution in [1.82, 2.24) is 5.01 Å². The smallest absolute Gasteiger partial charge is 0.0659 e. The molecular formula is C12H16N2O. The van der Waals surface area contributed by atoms with Crippen LogP contribution in [0, 0.1) is 6.92 Å². The van der Waals surface area contributed by atoms with E-state index < -0.39 is 0 Å². The summed E-state index contributed by atoms with van der Waals surface area (Å²) in [6, 6.07) is 8.36. The van der Waals surface area contributed by atoms with Crippen LogP contribution < -0.4 is 0 Å². The van der Waals surface area contributed by atoms with Crippen molar-refractivity contribution >= 4 is 6.21 Å². The zero-order valence-electron chi connectivity index (χ0n) is 9.02. The molecule has 0 saturated carbocycles. The number of hydrogen-bond donors (Lipinski definition) is 0. The second kappa shape index (κ2) is 4.94. The standard InChI is InChI=1S/C12H16N2O/c1-11-2-4-12(5-3-11)10-13-14-6-8-15-9-7-14/h2-5,10H,6-9H2,1H3/b13-10+. The van der Waals surface area contributed by atoms with E-state index >= 15 is 0 Å². The van der Waals surface area contributed by atoms with Crippen LogP contribution in [0.1, 0.15) is 11.1 Å². The van der Waals surface area contributed by atoms with Gasteiger partial charge >= 0.3 is 0 Å². The lowest BCUT2D eigenvalue weighted by molar-refractivity contribution is 0.0397. The Bertz CT molecular complexity index is 326. The van der Waals surface area contributed by atoms with Gasteiger partial charge in [-0.2, -0.15) is 5.10 Å². The summed E-state index contributed by atoms with van der Waals surface area (Å²) in [5, 5.41) is 6.46. The second-order valence-corrected chi connectivity index (χ2v) is 3.72. The maximum Gasteiger partial charge on any atom is 0.0659 e. The number of morpholine rings is 1. The number of hydrogen-bond acceptors (Lipinski definition) is 3. The van der Waals surface area contributed by atoms with Crippen LogP contribution in [-0.2, 0) is 4.74 Å². The van der Waals surface area contributed by atoms with Crippen molar-refractivity contribution in [2.45, 2.75) is 6.92 Å². The molecular weight excluding hydrogens is 188 g/mol. The van der Waals surface area contributed by atoms with Gasteiger partial charge < -0.3 is 4.74 Å². The van der Waals surface area contributed by atoms with E-state index in [1.165, 1.54) is 5.56 Å². The molecule has 1 heterocycles. The van der Waals surface area contributed by atoms with E-state index in [9.17, 15) is 0 Å². The number of rotatable bonds is 2. The van der Waals surface area contributed by atoms with E-state index in [0.29, 0.717) is 0 Å². The van der Waals surface area contributed by atoms with Crippen LogP contribution in [0.3, 0.4) is 0 Å². The predicted octanol–water partition coefficient (Wildman–Crippen LogP) is 1.66. The molecule has 0 bridgehead atoms. The average molecular weight is 204 g/mol. The van der Waals surface area contributed by atoms with Crippen molar-refractivity contribution in [3.05, 3.63) is 35.4 Å². The fourth-order valence-corrected chi connectivity index (χ4v) is 1.47. The third-order valence-electron chi connectivity index (χ3n) is 2.43. The first-order chi connectivity index (χ1) is 7.34. The summed E-state index contributed by atoms with van der Waals surface area (Å²) in [6.07, 6.45) is 1.91. The average Bonchev–Trinajstić information content (AvgIpc) is 2.30. The third kappa shape index (κ3) is 3.06. The topological polar surface area (TPSA) is 24.8 Å². The van der Waals surface area contributed by atoms with Crippen molar-refractivity contribution in [2.24, 2.45) is 5.10 Å². The van der Waals surface area contributed by atoms with Crippen molar-refractivity contribution in [2.75, 3.05) is 26.3 Å². The van der Waals surface area contributed by atoms with Crippen LogP contribution in [0.4, 0.5) is 0 Å². The van der Waals surface area contributed by atoms with E-state index in [1.54, 1.807) is 0 Å². The number of nitrogens with zero attached hydrogens (tertiary/aromatic N) is 2. The lowest BCUT2D eigenvalue weighted by Gasteiger charge is -2.23. The molecule has 0 spiro atoms. The lowest BCUT2D eigenvalue weighted by atomic mass is 10.2. The highest BCUT2D eigenvalue weighted by molar-refractivity contribution is 5.79. The van der Waals surface area contributed by atoms with Gasteiger partial charge in [0, 0.05) is 0 Å². The number of benzene rings is 1. The molecule has 0 aliphatic carbocycles. The highest BCUT2D eigenvalue weighted by Gasteiger charge is 2.05. The molecule has 80 valence electrons. The van der Waals surface area contributed by atoms with Crippen molar-refractivity contribution in [3.8, 4) is 0 Å². The highest BCUT2D eigenvalue weighted by atomic mass is 16.5. The molecule has 3 heteroatoms. The van der Waals surface area contributed by atoms with E-state index in [1.807, 2.05) is 11.2 Å². The second-order valence-electron chi connectivity index (χ2n) is 3.72. The summed E-state index contributed by atoms with van der Waals surface area (Å²) < 4.78 is 5.25. The van der Waals surface area contributed by atoms with Crippen LogP contribution in [0.15, 0.2) is 29.4 Å². The predicted molar refractivity (Wildman–Crippen MR) is 61.2 cm³/mol. The summed E-state index contributed by atoms with van der Waals surface area (Å²) in [7, 11) is 0. The summed E-state index contributed by atoms with van der Waals surface area (Å²) in [5.74, 6) is 0. The van der Waals surface area contributed by atoms with Crippen molar-refractivity contribution < 1.29 is 4.74 Å². The maximum atomic E-state index is 5.25. The highest BCUT2D eigenvalue weighted by Crippen LogP contribution is 2.02. The van der Waals surface area contributed by atoms with E-state index in [0.717, 1.165) is 31.9 Å². The Hall–Kier alpha value is -1.35. The minimum absolute atomic E-state index is 0.783. The Morgan fingerprint density at radius 1 is 1.20 bits per heavy atom. The molecule has 1 fully saturated rings. The first kappa shape index (κ1) is 10.2. The van der Waals surface area contributed by atoms with Gasteiger partial charge in [-0.3, -0.25) is 5.01 Å². The summed E-state index contributed by atoms with van der Waals surface area (Å²) in [4.78, 5) is 0. The lowest BCUT2D eigenvalue weighted by Crippen LogP contribution is -2.32. The Morgan fingerprint density at radius 2 is 1.87 bits per heavy atom. The van der Waals surface area contributed by atoms with Gasteiger partial charge in [-0.05, 0) is 12.5 Å². The molecule has 15 heavy (non-hydrogen) atoms. The Morgan fingerprint density at radius 3 is 2.53 bits per heavy atom. The van der Waals surface area contributed by atoms with Crippen LogP contribution in [-0.4, -0.2) is 37.5 Å². The molecule has 0 amide bonds. The maximum absolute atomic E-state index is 5.25. The first-order valence-electron chi connectivity index (χ1n) is 5.28. The third-order valence-corrected chi connectivity index (χ3v) is 2.43. The minimum Gasteiger partial charge on any atom is -0.378 e. The number of hydrazone groups is 1. The molecule has 1 aliphatic heterocycles. The fourth-order valence-electron chi connectivity index (χ4n) is 1.47. The Labute approximate surface area is 90.4 Å². The summed E-state index contributed by atoms with van der Waals surface area (Å²) in [6.45, 7) is 5.43. The first-order valence-corrected chi connectivity index (χ1v) is 5.28. The van der Waals surface area contributed by atoms with Gasteiger partial charge in [0.1, 0.15) is 0 Å². The molecule has 0 N–H and O–H groups in total. The van der Waals surface area contributed by atoms with Gasteiger partial charge in [0.25, 0.3) is 0 Å². The van der Waals surface area contributed by atoms with Crippen LogP contribution in [0.5, 0.6) is 0 Å². The van der Waals surface area contributed by atoms with Gasteiger partial charge in [0.15, 0.2) is 0 Å². The van der Waals surface area contributed by atoms with E-state index in [4.69, 9.17) is 4.74 Å². The summed E-state index contributed by atoms with van der Waals surface area (Å²) in [5.41, 5.74) is 2.42. The molecule has 1 saturated heterocycles. The Kier molecular flexibility index (Phi) is 3.35. The Balaban J connectivity index is 1.95. The van der Waals surface area contributed by atoms with Gasteiger partial charge in [-0.15, -0.1) is 0 Å². The van der Waals surface area contributed by atoms with Gasteiger partial charge in [0.05, 0.1) is 32.5 Å². The number of aryl methyl sites for hydroxylation is 1.